The van der Waals surface area contributed by atoms with Crippen molar-refractivity contribution in [1.82, 2.24) is 9.55 Å². The summed E-state index contributed by atoms with van der Waals surface area (Å²) in [5.74, 6) is -0.839. The normalized spacial score (nSPS) is 19.2. The molecule has 0 fully saturated rings. The van der Waals surface area contributed by atoms with Crippen molar-refractivity contribution < 1.29 is 9.90 Å². The SMILES string of the molecule is CC1(C)C=Cc2ccccc2C1n1cncc1CC(=O)O. The van der Waals surface area contributed by atoms with Gasteiger partial charge in [0.25, 0.3) is 0 Å². The van der Waals surface area contributed by atoms with Gasteiger partial charge in [0.15, 0.2) is 0 Å². The second-order valence-corrected chi connectivity index (χ2v) is 6.05. The molecule has 0 bridgehead atoms. The van der Waals surface area contributed by atoms with E-state index in [0.717, 1.165) is 5.69 Å². The van der Waals surface area contributed by atoms with E-state index in [1.807, 2.05) is 16.7 Å². The molecule has 1 heterocycles. The van der Waals surface area contributed by atoms with Gasteiger partial charge in [-0.1, -0.05) is 50.3 Å². The molecule has 2 aromatic rings. The topological polar surface area (TPSA) is 55.1 Å². The van der Waals surface area contributed by atoms with Crippen molar-refractivity contribution in [2.24, 2.45) is 5.41 Å². The summed E-state index contributed by atoms with van der Waals surface area (Å²) in [7, 11) is 0. The summed E-state index contributed by atoms with van der Waals surface area (Å²) in [6, 6.07) is 8.28. The standard InChI is InChI=1S/C17H18N2O2/c1-17(2)8-7-12-5-3-4-6-14(12)16(17)19-11-18-10-13(19)9-15(20)21/h3-8,10-11,16H,9H2,1-2H3,(H,20,21). The van der Waals surface area contributed by atoms with Crippen LogP contribution in [0, 0.1) is 5.41 Å². The molecule has 0 saturated heterocycles. The fraction of sp³-hybridized carbons (Fsp3) is 0.294. The van der Waals surface area contributed by atoms with E-state index < -0.39 is 5.97 Å². The first kappa shape index (κ1) is 13.6. The molecule has 1 aliphatic rings. The predicted octanol–water partition coefficient (Wildman–Crippen LogP) is 3.15. The Kier molecular flexibility index (Phi) is 3.16. The van der Waals surface area contributed by atoms with Gasteiger partial charge in [-0.05, 0) is 11.1 Å². The number of aliphatic carboxylic acids is 1. The Hall–Kier alpha value is -2.36. The summed E-state index contributed by atoms with van der Waals surface area (Å²) >= 11 is 0. The van der Waals surface area contributed by atoms with E-state index in [2.05, 4.69) is 43.1 Å². The monoisotopic (exact) mass is 282 g/mol. The van der Waals surface area contributed by atoms with Gasteiger partial charge in [-0.2, -0.15) is 0 Å². The maximum Gasteiger partial charge on any atom is 0.309 e. The number of carboxylic acid groups (broad SMARTS) is 1. The highest BCUT2D eigenvalue weighted by Crippen LogP contribution is 2.44. The summed E-state index contributed by atoms with van der Waals surface area (Å²) in [6.07, 6.45) is 7.69. The number of aromatic nitrogens is 2. The molecule has 1 N–H and O–H groups in total. The number of rotatable bonds is 3. The van der Waals surface area contributed by atoms with Gasteiger partial charge in [0.1, 0.15) is 0 Å². The molecule has 108 valence electrons. The quantitative estimate of drug-likeness (QED) is 0.940. The van der Waals surface area contributed by atoms with Crippen molar-refractivity contribution >= 4 is 12.0 Å². The number of fused-ring (bicyclic) bond motifs is 1. The number of imidazole rings is 1. The van der Waals surface area contributed by atoms with E-state index >= 15 is 0 Å². The average molecular weight is 282 g/mol. The number of hydrogen-bond donors (Lipinski definition) is 1. The van der Waals surface area contributed by atoms with Gasteiger partial charge in [-0.3, -0.25) is 4.79 Å². The first-order valence-corrected chi connectivity index (χ1v) is 7.00. The molecule has 1 aromatic carbocycles. The highest BCUT2D eigenvalue weighted by Gasteiger charge is 2.35. The van der Waals surface area contributed by atoms with Crippen molar-refractivity contribution in [3.63, 3.8) is 0 Å². The summed E-state index contributed by atoms with van der Waals surface area (Å²) in [5.41, 5.74) is 3.00. The molecule has 0 amide bonds. The lowest BCUT2D eigenvalue weighted by molar-refractivity contribution is -0.136. The van der Waals surface area contributed by atoms with Crippen LogP contribution in [0.3, 0.4) is 0 Å². The minimum absolute atomic E-state index is 0.0154. The Morgan fingerprint density at radius 1 is 1.38 bits per heavy atom. The van der Waals surface area contributed by atoms with Crippen LogP contribution in [0.1, 0.15) is 36.7 Å². The number of allylic oxidation sites excluding steroid dienone is 1. The molecule has 0 aliphatic heterocycles. The molecular weight excluding hydrogens is 264 g/mol. The molecule has 4 heteroatoms. The predicted molar refractivity (Wildman–Crippen MR) is 81.0 cm³/mol. The lowest BCUT2D eigenvalue weighted by Crippen LogP contribution is -2.30. The summed E-state index contributed by atoms with van der Waals surface area (Å²) < 4.78 is 2.00. The Balaban J connectivity index is 2.14. The fourth-order valence-electron chi connectivity index (χ4n) is 3.07. The van der Waals surface area contributed by atoms with E-state index in [4.69, 9.17) is 5.11 Å². The van der Waals surface area contributed by atoms with Gasteiger partial charge in [0, 0.05) is 17.3 Å². The first-order chi connectivity index (χ1) is 9.99. The summed E-state index contributed by atoms with van der Waals surface area (Å²) in [4.78, 5) is 15.2. The number of carboxylic acids is 1. The third kappa shape index (κ3) is 2.37. The molecule has 4 nitrogen and oxygen atoms in total. The smallest absolute Gasteiger partial charge is 0.309 e. The van der Waals surface area contributed by atoms with Crippen LogP contribution in [0.4, 0.5) is 0 Å². The Labute approximate surface area is 123 Å². The second-order valence-electron chi connectivity index (χ2n) is 6.05. The molecule has 0 radical (unpaired) electrons. The number of hydrogen-bond acceptors (Lipinski definition) is 2. The van der Waals surface area contributed by atoms with Gasteiger partial charge in [-0.25, -0.2) is 4.98 Å². The molecule has 21 heavy (non-hydrogen) atoms. The number of carbonyl (C=O) groups is 1. The molecule has 3 rings (SSSR count). The Morgan fingerprint density at radius 3 is 2.90 bits per heavy atom. The first-order valence-electron chi connectivity index (χ1n) is 7.00. The maximum atomic E-state index is 11.1. The minimum atomic E-state index is -0.839. The molecule has 1 aliphatic carbocycles. The van der Waals surface area contributed by atoms with Crippen molar-refractivity contribution in [3.8, 4) is 0 Å². The highest BCUT2D eigenvalue weighted by molar-refractivity contribution is 5.69. The molecule has 1 aromatic heterocycles. The van der Waals surface area contributed by atoms with Gasteiger partial charge >= 0.3 is 5.97 Å². The minimum Gasteiger partial charge on any atom is -0.481 e. The van der Waals surface area contributed by atoms with Gasteiger partial charge in [-0.15, -0.1) is 0 Å². The van der Waals surface area contributed by atoms with Crippen molar-refractivity contribution in [1.29, 1.82) is 0 Å². The zero-order valence-electron chi connectivity index (χ0n) is 12.2. The van der Waals surface area contributed by atoms with Crippen molar-refractivity contribution in [3.05, 3.63) is 59.7 Å². The van der Waals surface area contributed by atoms with Crippen molar-refractivity contribution in [2.75, 3.05) is 0 Å². The van der Waals surface area contributed by atoms with Crippen LogP contribution in [0.2, 0.25) is 0 Å². The highest BCUT2D eigenvalue weighted by atomic mass is 16.4. The molecule has 0 saturated carbocycles. The van der Waals surface area contributed by atoms with E-state index in [0.29, 0.717) is 0 Å². The molecule has 1 unspecified atom stereocenters. The van der Waals surface area contributed by atoms with E-state index in [1.165, 1.54) is 11.1 Å². The third-order valence-electron chi connectivity index (χ3n) is 4.04. The Morgan fingerprint density at radius 2 is 2.14 bits per heavy atom. The lowest BCUT2D eigenvalue weighted by Gasteiger charge is -2.38. The molecule has 0 spiro atoms. The fourth-order valence-corrected chi connectivity index (χ4v) is 3.07. The zero-order chi connectivity index (χ0) is 15.0. The van der Waals surface area contributed by atoms with Crippen LogP contribution in [0.15, 0.2) is 42.9 Å². The van der Waals surface area contributed by atoms with Crippen LogP contribution in [-0.4, -0.2) is 20.6 Å². The van der Waals surface area contributed by atoms with Crippen LogP contribution >= 0.6 is 0 Å². The summed E-state index contributed by atoms with van der Waals surface area (Å²) in [6.45, 7) is 4.32. The van der Waals surface area contributed by atoms with Gasteiger partial charge < -0.3 is 9.67 Å². The maximum absolute atomic E-state index is 11.1. The van der Waals surface area contributed by atoms with Crippen LogP contribution in [-0.2, 0) is 11.2 Å². The third-order valence-corrected chi connectivity index (χ3v) is 4.04. The number of nitrogens with zero attached hydrogens (tertiary/aromatic N) is 2. The van der Waals surface area contributed by atoms with Crippen molar-refractivity contribution in [2.45, 2.75) is 26.3 Å². The van der Waals surface area contributed by atoms with E-state index in [-0.39, 0.29) is 17.9 Å². The average Bonchev–Trinajstić information content (AvgIpc) is 2.85. The number of benzene rings is 1. The largest absolute Gasteiger partial charge is 0.481 e. The second kappa shape index (κ2) is 4.88. The van der Waals surface area contributed by atoms with Crippen LogP contribution in [0.25, 0.3) is 6.08 Å². The van der Waals surface area contributed by atoms with E-state index in [1.54, 1.807) is 12.5 Å². The molecule has 1 atom stereocenters. The molecular formula is C17H18N2O2. The van der Waals surface area contributed by atoms with Crippen LogP contribution < -0.4 is 0 Å². The van der Waals surface area contributed by atoms with Gasteiger partial charge in [0.2, 0.25) is 0 Å². The summed E-state index contributed by atoms with van der Waals surface area (Å²) in [5, 5.41) is 9.08. The zero-order valence-corrected chi connectivity index (χ0v) is 12.2. The van der Waals surface area contributed by atoms with Gasteiger partial charge in [0.05, 0.1) is 18.8 Å². The van der Waals surface area contributed by atoms with Crippen LogP contribution in [0.5, 0.6) is 0 Å². The lowest BCUT2D eigenvalue weighted by atomic mass is 9.74. The Bertz CT molecular complexity index is 713. The van der Waals surface area contributed by atoms with E-state index in [9.17, 15) is 4.79 Å².